The van der Waals surface area contributed by atoms with E-state index in [1.165, 1.54) is 40.7 Å². The summed E-state index contributed by atoms with van der Waals surface area (Å²) >= 11 is 1.87. The Labute approximate surface area is 197 Å². The van der Waals surface area contributed by atoms with Crippen LogP contribution in [0.5, 0.6) is 0 Å². The van der Waals surface area contributed by atoms with Crippen molar-refractivity contribution >= 4 is 27.4 Å². The molecule has 1 saturated heterocycles. The van der Waals surface area contributed by atoms with Gasteiger partial charge in [-0.2, -0.15) is 5.10 Å². The van der Waals surface area contributed by atoms with Crippen molar-refractivity contribution in [2.45, 2.75) is 38.8 Å². The standard InChI is InChI=1S/C25H28N6OS/c1-2-4-21-19(3-1)23-24(26-15-17-5-7-18(8-6-17)20-9-10-27-30-20)28-22(29-25(23)33-21)16-31-11-13-32-14-12-31/h5-10H,1-4,11-16H2,(H,27,30)(H,26,28,29). The highest BCUT2D eigenvalue weighted by Crippen LogP contribution is 2.39. The summed E-state index contributed by atoms with van der Waals surface area (Å²) in [4.78, 5) is 15.1. The number of fused-ring (bicyclic) bond motifs is 3. The summed E-state index contributed by atoms with van der Waals surface area (Å²) in [5.74, 6) is 1.89. The Bertz CT molecular complexity index is 1230. The first-order chi connectivity index (χ1) is 16.3. The lowest BCUT2D eigenvalue weighted by atomic mass is 9.97. The Balaban J connectivity index is 1.28. The van der Waals surface area contributed by atoms with Gasteiger partial charge in [-0.3, -0.25) is 10.00 Å². The lowest BCUT2D eigenvalue weighted by molar-refractivity contribution is 0.0331. The molecule has 1 aromatic carbocycles. The van der Waals surface area contributed by atoms with Gasteiger partial charge in [-0.25, -0.2) is 9.97 Å². The van der Waals surface area contributed by atoms with Crippen molar-refractivity contribution in [3.8, 4) is 11.3 Å². The molecule has 0 unspecified atom stereocenters. The van der Waals surface area contributed by atoms with Gasteiger partial charge in [0.2, 0.25) is 0 Å². The van der Waals surface area contributed by atoms with Crippen LogP contribution in [-0.2, 0) is 30.7 Å². The Hall–Kier alpha value is -2.81. The molecule has 0 saturated carbocycles. The summed E-state index contributed by atoms with van der Waals surface area (Å²) in [5, 5.41) is 12.0. The van der Waals surface area contributed by atoms with Gasteiger partial charge in [-0.05, 0) is 48.4 Å². The lowest BCUT2D eigenvalue weighted by Crippen LogP contribution is -2.36. The normalized spacial score (nSPS) is 16.7. The molecule has 2 aliphatic rings. The molecule has 8 heteroatoms. The number of aromatic nitrogens is 4. The SMILES string of the molecule is c1cc(-c2ccc(CNc3nc(CN4CCOCC4)nc4sc5c(c34)CCCC5)cc2)[nH]n1. The first-order valence-electron chi connectivity index (χ1n) is 11.8. The molecular weight excluding hydrogens is 432 g/mol. The zero-order chi connectivity index (χ0) is 22.0. The summed E-state index contributed by atoms with van der Waals surface area (Å²) in [6.45, 7) is 4.96. The van der Waals surface area contributed by atoms with E-state index in [1.807, 2.05) is 17.4 Å². The number of hydrogen-bond donors (Lipinski definition) is 2. The molecule has 0 radical (unpaired) electrons. The summed E-state index contributed by atoms with van der Waals surface area (Å²) in [7, 11) is 0. The third-order valence-electron chi connectivity index (χ3n) is 6.56. The van der Waals surface area contributed by atoms with E-state index < -0.39 is 0 Å². The molecule has 1 aliphatic carbocycles. The summed E-state index contributed by atoms with van der Waals surface area (Å²) in [5.41, 5.74) is 4.87. The second-order valence-electron chi connectivity index (χ2n) is 8.79. The van der Waals surface area contributed by atoms with Crippen molar-refractivity contribution in [1.82, 2.24) is 25.1 Å². The molecule has 6 rings (SSSR count). The van der Waals surface area contributed by atoms with Gasteiger partial charge in [-0.15, -0.1) is 11.3 Å². The number of nitrogens with zero attached hydrogens (tertiary/aromatic N) is 4. The maximum atomic E-state index is 5.51. The van der Waals surface area contributed by atoms with Crippen molar-refractivity contribution in [2.75, 3.05) is 31.6 Å². The van der Waals surface area contributed by atoms with Gasteiger partial charge in [0.15, 0.2) is 0 Å². The van der Waals surface area contributed by atoms with Crippen molar-refractivity contribution in [1.29, 1.82) is 0 Å². The smallest absolute Gasteiger partial charge is 0.146 e. The van der Waals surface area contributed by atoms with Gasteiger partial charge in [0.25, 0.3) is 0 Å². The van der Waals surface area contributed by atoms with E-state index in [0.29, 0.717) is 0 Å². The van der Waals surface area contributed by atoms with E-state index >= 15 is 0 Å². The third-order valence-corrected chi connectivity index (χ3v) is 7.74. The van der Waals surface area contributed by atoms with Crippen LogP contribution < -0.4 is 5.32 Å². The number of hydrogen-bond acceptors (Lipinski definition) is 7. The molecule has 170 valence electrons. The van der Waals surface area contributed by atoms with Gasteiger partial charge < -0.3 is 10.1 Å². The minimum atomic E-state index is 0.733. The molecule has 0 amide bonds. The van der Waals surface area contributed by atoms with E-state index in [9.17, 15) is 0 Å². The van der Waals surface area contributed by atoms with Gasteiger partial charge in [0.05, 0.1) is 30.8 Å². The monoisotopic (exact) mass is 460 g/mol. The molecule has 4 heterocycles. The fourth-order valence-corrected chi connectivity index (χ4v) is 6.04. The number of rotatable bonds is 6. The van der Waals surface area contributed by atoms with Crippen LogP contribution in [0, 0.1) is 0 Å². The third kappa shape index (κ3) is 4.38. The van der Waals surface area contributed by atoms with Crippen LogP contribution in [-0.4, -0.2) is 51.4 Å². The molecule has 0 spiro atoms. The molecular formula is C25H28N6OS. The predicted molar refractivity (Wildman–Crippen MR) is 132 cm³/mol. The summed E-state index contributed by atoms with van der Waals surface area (Å²) < 4.78 is 5.51. The van der Waals surface area contributed by atoms with E-state index in [1.54, 1.807) is 6.20 Å². The number of anilines is 1. The van der Waals surface area contributed by atoms with Crippen LogP contribution in [0.4, 0.5) is 5.82 Å². The summed E-state index contributed by atoms with van der Waals surface area (Å²) in [6.07, 6.45) is 6.61. The Morgan fingerprint density at radius 3 is 2.70 bits per heavy atom. The number of aryl methyl sites for hydroxylation is 2. The Morgan fingerprint density at radius 2 is 1.88 bits per heavy atom. The van der Waals surface area contributed by atoms with Crippen LogP contribution in [0.2, 0.25) is 0 Å². The Kier molecular flexibility index (Phi) is 5.80. The average molecular weight is 461 g/mol. The van der Waals surface area contributed by atoms with Crippen LogP contribution in [0.25, 0.3) is 21.5 Å². The molecule has 1 aliphatic heterocycles. The highest BCUT2D eigenvalue weighted by Gasteiger charge is 2.22. The number of nitrogens with one attached hydrogen (secondary N) is 2. The van der Waals surface area contributed by atoms with Crippen molar-refractivity contribution in [3.05, 3.63) is 58.4 Å². The zero-order valence-electron chi connectivity index (χ0n) is 18.6. The fraction of sp³-hybridized carbons (Fsp3) is 0.400. The Morgan fingerprint density at radius 1 is 1.03 bits per heavy atom. The van der Waals surface area contributed by atoms with Crippen LogP contribution >= 0.6 is 11.3 Å². The number of ether oxygens (including phenoxy) is 1. The van der Waals surface area contributed by atoms with Crippen LogP contribution in [0.1, 0.15) is 34.7 Å². The second-order valence-corrected chi connectivity index (χ2v) is 9.87. The highest BCUT2D eigenvalue weighted by atomic mass is 32.1. The topological polar surface area (TPSA) is 79.0 Å². The predicted octanol–water partition coefficient (Wildman–Crippen LogP) is 4.40. The lowest BCUT2D eigenvalue weighted by Gasteiger charge is -2.25. The van der Waals surface area contributed by atoms with Gasteiger partial charge in [-0.1, -0.05) is 24.3 Å². The molecule has 4 aromatic rings. The van der Waals surface area contributed by atoms with E-state index in [0.717, 1.165) is 73.5 Å². The first kappa shape index (κ1) is 20.8. The van der Waals surface area contributed by atoms with Crippen molar-refractivity contribution in [3.63, 3.8) is 0 Å². The zero-order valence-corrected chi connectivity index (χ0v) is 19.5. The van der Waals surface area contributed by atoms with Gasteiger partial charge in [0, 0.05) is 30.7 Å². The molecule has 2 N–H and O–H groups in total. The molecule has 0 atom stereocenters. The minimum absolute atomic E-state index is 0.733. The second kappa shape index (κ2) is 9.21. The number of benzene rings is 1. The quantitative estimate of drug-likeness (QED) is 0.444. The van der Waals surface area contributed by atoms with E-state index in [4.69, 9.17) is 14.7 Å². The number of morpholine rings is 1. The van der Waals surface area contributed by atoms with Crippen molar-refractivity contribution < 1.29 is 4.74 Å². The van der Waals surface area contributed by atoms with Gasteiger partial charge >= 0.3 is 0 Å². The molecule has 3 aromatic heterocycles. The minimum Gasteiger partial charge on any atom is -0.379 e. The number of aromatic amines is 1. The maximum Gasteiger partial charge on any atom is 0.146 e. The largest absolute Gasteiger partial charge is 0.379 e. The average Bonchev–Trinajstić information content (AvgIpc) is 3.52. The first-order valence-corrected chi connectivity index (χ1v) is 12.6. The van der Waals surface area contributed by atoms with Crippen LogP contribution in [0.15, 0.2) is 36.5 Å². The van der Waals surface area contributed by atoms with Gasteiger partial charge in [0.1, 0.15) is 16.5 Å². The summed E-state index contributed by atoms with van der Waals surface area (Å²) in [6, 6.07) is 10.6. The fourth-order valence-electron chi connectivity index (χ4n) is 4.76. The van der Waals surface area contributed by atoms with Crippen molar-refractivity contribution in [2.24, 2.45) is 0 Å². The molecule has 7 nitrogen and oxygen atoms in total. The highest BCUT2D eigenvalue weighted by molar-refractivity contribution is 7.19. The molecule has 33 heavy (non-hydrogen) atoms. The van der Waals surface area contributed by atoms with E-state index in [2.05, 4.69) is 44.7 Å². The van der Waals surface area contributed by atoms with E-state index in [-0.39, 0.29) is 0 Å². The number of thiophene rings is 1. The number of H-pyrrole nitrogens is 1. The maximum absolute atomic E-state index is 5.51. The molecule has 1 fully saturated rings. The van der Waals surface area contributed by atoms with Crippen LogP contribution in [0.3, 0.4) is 0 Å². The molecule has 0 bridgehead atoms.